The molecule has 2 aromatic carbocycles. The fourth-order valence-corrected chi connectivity index (χ4v) is 3.00. The Labute approximate surface area is 190 Å². The number of hydrogen-bond donors (Lipinski definition) is 1. The van der Waals surface area contributed by atoms with Crippen LogP contribution in [0.5, 0.6) is 17.2 Å². The van der Waals surface area contributed by atoms with E-state index in [1.807, 2.05) is 65.0 Å². The SMILES string of the molecule is CCOc1cc(C(=O)N(CC)CC(=O)NC(C)(C)C)ccc1OCCOc1ccccc1. The van der Waals surface area contributed by atoms with Crippen molar-refractivity contribution in [2.75, 3.05) is 32.9 Å². The van der Waals surface area contributed by atoms with Crippen molar-refractivity contribution < 1.29 is 23.8 Å². The first kappa shape index (κ1) is 25.0. The second-order valence-electron chi connectivity index (χ2n) is 8.22. The van der Waals surface area contributed by atoms with E-state index >= 15 is 0 Å². The van der Waals surface area contributed by atoms with Crippen LogP contribution >= 0.6 is 0 Å². The number of likely N-dealkylation sites (N-methyl/N-ethyl adjacent to an activating group) is 1. The summed E-state index contributed by atoms with van der Waals surface area (Å²) in [4.78, 5) is 26.8. The van der Waals surface area contributed by atoms with Crippen LogP contribution in [0.3, 0.4) is 0 Å². The number of benzene rings is 2. The van der Waals surface area contributed by atoms with Gasteiger partial charge in [-0.25, -0.2) is 0 Å². The van der Waals surface area contributed by atoms with Crippen molar-refractivity contribution >= 4 is 11.8 Å². The molecule has 7 heteroatoms. The van der Waals surface area contributed by atoms with Gasteiger partial charge in [0.05, 0.1) is 13.2 Å². The summed E-state index contributed by atoms with van der Waals surface area (Å²) in [5.74, 6) is 1.35. The van der Waals surface area contributed by atoms with Gasteiger partial charge in [-0.05, 0) is 65.0 Å². The van der Waals surface area contributed by atoms with Gasteiger partial charge >= 0.3 is 0 Å². The number of hydrogen-bond acceptors (Lipinski definition) is 5. The maximum atomic E-state index is 13.0. The molecule has 7 nitrogen and oxygen atoms in total. The third-order valence-corrected chi connectivity index (χ3v) is 4.36. The molecule has 0 aliphatic heterocycles. The molecular weight excluding hydrogens is 408 g/mol. The molecule has 0 radical (unpaired) electrons. The maximum Gasteiger partial charge on any atom is 0.254 e. The van der Waals surface area contributed by atoms with Gasteiger partial charge in [-0.2, -0.15) is 0 Å². The summed E-state index contributed by atoms with van der Waals surface area (Å²) in [6.07, 6.45) is 0. The van der Waals surface area contributed by atoms with E-state index in [4.69, 9.17) is 14.2 Å². The number of amides is 2. The average molecular weight is 443 g/mol. The van der Waals surface area contributed by atoms with Gasteiger partial charge in [0.15, 0.2) is 11.5 Å². The number of carbonyl (C=O) groups is 2. The van der Waals surface area contributed by atoms with Crippen LogP contribution < -0.4 is 19.5 Å². The van der Waals surface area contributed by atoms with E-state index in [1.165, 1.54) is 4.90 Å². The molecule has 0 aromatic heterocycles. The predicted molar refractivity (Wildman–Crippen MR) is 125 cm³/mol. The van der Waals surface area contributed by atoms with Crippen LogP contribution in [0.25, 0.3) is 0 Å². The second-order valence-corrected chi connectivity index (χ2v) is 8.22. The van der Waals surface area contributed by atoms with Crippen molar-refractivity contribution in [3.05, 3.63) is 54.1 Å². The van der Waals surface area contributed by atoms with Crippen molar-refractivity contribution in [3.63, 3.8) is 0 Å². The lowest BCUT2D eigenvalue weighted by Crippen LogP contribution is -2.47. The molecule has 174 valence electrons. The Hall–Kier alpha value is -3.22. The van der Waals surface area contributed by atoms with Gasteiger partial charge in [-0.3, -0.25) is 9.59 Å². The monoisotopic (exact) mass is 442 g/mol. The minimum Gasteiger partial charge on any atom is -0.490 e. The molecule has 0 unspecified atom stereocenters. The molecule has 0 saturated heterocycles. The molecule has 0 aliphatic carbocycles. The largest absolute Gasteiger partial charge is 0.490 e. The molecule has 0 atom stereocenters. The molecule has 0 heterocycles. The molecule has 2 rings (SSSR count). The zero-order valence-electron chi connectivity index (χ0n) is 19.6. The number of nitrogens with one attached hydrogen (secondary N) is 1. The maximum absolute atomic E-state index is 13.0. The van der Waals surface area contributed by atoms with Gasteiger partial charge < -0.3 is 24.4 Å². The van der Waals surface area contributed by atoms with E-state index in [9.17, 15) is 9.59 Å². The normalized spacial score (nSPS) is 10.9. The van der Waals surface area contributed by atoms with E-state index < -0.39 is 0 Å². The number of nitrogens with zero attached hydrogens (tertiary/aromatic N) is 1. The zero-order valence-corrected chi connectivity index (χ0v) is 19.6. The van der Waals surface area contributed by atoms with Crippen LogP contribution in [-0.4, -0.2) is 55.2 Å². The summed E-state index contributed by atoms with van der Waals surface area (Å²) in [5, 5.41) is 2.88. The molecule has 2 amide bonds. The van der Waals surface area contributed by atoms with Crippen molar-refractivity contribution in [1.29, 1.82) is 0 Å². The number of ether oxygens (including phenoxy) is 3. The summed E-state index contributed by atoms with van der Waals surface area (Å²) < 4.78 is 17.1. The smallest absolute Gasteiger partial charge is 0.254 e. The van der Waals surface area contributed by atoms with Crippen molar-refractivity contribution in [2.45, 2.75) is 40.2 Å². The lowest BCUT2D eigenvalue weighted by atomic mass is 10.1. The Morgan fingerprint density at radius 2 is 1.59 bits per heavy atom. The molecule has 2 aromatic rings. The molecule has 0 bridgehead atoms. The standard InChI is InChI=1S/C25H34N2O5/c1-6-27(18-23(28)26-25(3,4)5)24(29)19-13-14-21(22(17-19)30-7-2)32-16-15-31-20-11-9-8-10-12-20/h8-14,17H,6-7,15-16,18H2,1-5H3,(H,26,28). The Kier molecular flexibility index (Phi) is 9.38. The minimum absolute atomic E-state index is 0.00829. The van der Waals surface area contributed by atoms with E-state index in [2.05, 4.69) is 5.32 Å². The van der Waals surface area contributed by atoms with Crippen LogP contribution in [0.4, 0.5) is 0 Å². The number of para-hydroxylation sites is 1. The van der Waals surface area contributed by atoms with Crippen LogP contribution in [0.2, 0.25) is 0 Å². The first-order valence-corrected chi connectivity index (χ1v) is 10.9. The molecule has 32 heavy (non-hydrogen) atoms. The lowest BCUT2D eigenvalue weighted by Gasteiger charge is -2.25. The Morgan fingerprint density at radius 3 is 2.22 bits per heavy atom. The first-order valence-electron chi connectivity index (χ1n) is 10.9. The molecule has 0 saturated carbocycles. The molecule has 0 spiro atoms. The van der Waals surface area contributed by atoms with Gasteiger partial charge in [0, 0.05) is 17.6 Å². The fraction of sp³-hybridized carbons (Fsp3) is 0.440. The van der Waals surface area contributed by atoms with Crippen molar-refractivity contribution in [1.82, 2.24) is 10.2 Å². The van der Waals surface area contributed by atoms with Gasteiger partial charge in [-0.1, -0.05) is 18.2 Å². The van der Waals surface area contributed by atoms with Crippen LogP contribution in [0, 0.1) is 0 Å². The molecule has 0 aliphatic rings. The molecule has 1 N–H and O–H groups in total. The van der Waals surface area contributed by atoms with Crippen LogP contribution in [0.15, 0.2) is 48.5 Å². The highest BCUT2D eigenvalue weighted by molar-refractivity contribution is 5.97. The summed E-state index contributed by atoms with van der Waals surface area (Å²) in [7, 11) is 0. The third kappa shape index (κ3) is 8.13. The highest BCUT2D eigenvalue weighted by Crippen LogP contribution is 2.29. The van der Waals surface area contributed by atoms with E-state index in [1.54, 1.807) is 18.2 Å². The summed E-state index contributed by atoms with van der Waals surface area (Å²) in [6.45, 7) is 11.0. The van der Waals surface area contributed by atoms with E-state index in [0.717, 1.165) is 5.75 Å². The lowest BCUT2D eigenvalue weighted by molar-refractivity contribution is -0.123. The molecule has 0 fully saturated rings. The van der Waals surface area contributed by atoms with Gasteiger partial charge in [-0.15, -0.1) is 0 Å². The Morgan fingerprint density at radius 1 is 0.906 bits per heavy atom. The molecular formula is C25H34N2O5. The predicted octanol–water partition coefficient (Wildman–Crippen LogP) is 3.92. The second kappa shape index (κ2) is 12.0. The van der Waals surface area contributed by atoms with Crippen LogP contribution in [-0.2, 0) is 4.79 Å². The summed E-state index contributed by atoms with van der Waals surface area (Å²) in [5.41, 5.74) is 0.0805. The van der Waals surface area contributed by atoms with Gasteiger partial charge in [0.25, 0.3) is 5.91 Å². The zero-order chi connectivity index (χ0) is 23.6. The van der Waals surface area contributed by atoms with Crippen molar-refractivity contribution in [3.8, 4) is 17.2 Å². The van der Waals surface area contributed by atoms with Gasteiger partial charge in [0.1, 0.15) is 19.0 Å². The third-order valence-electron chi connectivity index (χ3n) is 4.36. The van der Waals surface area contributed by atoms with Crippen molar-refractivity contribution in [2.24, 2.45) is 0 Å². The summed E-state index contributed by atoms with van der Waals surface area (Å²) in [6, 6.07) is 14.6. The summed E-state index contributed by atoms with van der Waals surface area (Å²) >= 11 is 0. The minimum atomic E-state index is -0.356. The van der Waals surface area contributed by atoms with Crippen LogP contribution in [0.1, 0.15) is 45.0 Å². The first-order chi connectivity index (χ1) is 15.2. The number of carbonyl (C=O) groups excluding carboxylic acids is 2. The Balaban J connectivity index is 2.02. The highest BCUT2D eigenvalue weighted by Gasteiger charge is 2.21. The quantitative estimate of drug-likeness (QED) is 0.534. The fourth-order valence-electron chi connectivity index (χ4n) is 3.00. The van der Waals surface area contributed by atoms with E-state index in [-0.39, 0.29) is 23.9 Å². The average Bonchev–Trinajstić information content (AvgIpc) is 2.75. The Bertz CT molecular complexity index is 878. The highest BCUT2D eigenvalue weighted by atomic mass is 16.5. The number of rotatable bonds is 11. The van der Waals surface area contributed by atoms with Gasteiger partial charge in [0.2, 0.25) is 5.91 Å². The van der Waals surface area contributed by atoms with E-state index in [0.29, 0.717) is 43.4 Å². The topological polar surface area (TPSA) is 77.1 Å².